The fourth-order valence-electron chi connectivity index (χ4n) is 7.57. The first kappa shape index (κ1) is 42.7. The van der Waals surface area contributed by atoms with Crippen LogP contribution in [0.15, 0.2) is 197 Å². The lowest BCUT2D eigenvalue weighted by molar-refractivity contribution is 0.0944. The number of hydrogen-bond acceptors (Lipinski definition) is 10. The van der Waals surface area contributed by atoms with Crippen LogP contribution in [0.5, 0.6) is 17.2 Å². The maximum absolute atomic E-state index is 12.9. The lowest BCUT2D eigenvalue weighted by atomic mass is 10.1. The molecule has 326 valence electrons. The summed E-state index contributed by atoms with van der Waals surface area (Å²) in [6, 6.07) is 54.2. The Kier molecular flexibility index (Phi) is 12.1. The van der Waals surface area contributed by atoms with E-state index in [1.54, 1.807) is 72.8 Å². The van der Waals surface area contributed by atoms with E-state index in [0.29, 0.717) is 32.8 Å². The van der Waals surface area contributed by atoms with Crippen LogP contribution in [0.4, 0.5) is 17.1 Å². The summed E-state index contributed by atoms with van der Waals surface area (Å²) >= 11 is 0. The Labute approximate surface area is 383 Å². The molecular formula is C54H39N7O6. The summed E-state index contributed by atoms with van der Waals surface area (Å²) in [5, 5.41) is 48.7. The normalized spacial score (nSPS) is 11.5. The topological polar surface area (TPSA) is 188 Å². The van der Waals surface area contributed by atoms with E-state index in [1.165, 1.54) is 18.6 Å². The fraction of sp³-hybridized carbons (Fsp3) is 0. The second kappa shape index (κ2) is 19.0. The fourth-order valence-corrected chi connectivity index (χ4v) is 7.57. The van der Waals surface area contributed by atoms with Crippen LogP contribution in [-0.2, 0) is 0 Å². The second-order valence-corrected chi connectivity index (χ2v) is 15.3. The Morgan fingerprint density at radius 2 is 0.627 bits per heavy atom. The Morgan fingerprint density at radius 3 is 0.910 bits per heavy atom. The largest absolute Gasteiger partial charge is 0.506 e. The van der Waals surface area contributed by atoms with E-state index in [9.17, 15) is 29.7 Å². The quantitative estimate of drug-likeness (QED) is 0.0520. The van der Waals surface area contributed by atoms with Gasteiger partial charge in [0.1, 0.15) is 17.2 Å². The summed E-state index contributed by atoms with van der Waals surface area (Å²) in [6.45, 7) is 0. The van der Waals surface area contributed by atoms with E-state index in [1.807, 2.05) is 114 Å². The van der Waals surface area contributed by atoms with Gasteiger partial charge in [0.05, 0.1) is 35.3 Å². The standard InChI is InChI=1S/C54H39N7O6/c62-49-43-10-4-1-7-37(43)19-28-46(49)52(65)58-55-31-34-13-22-40(23-14-34)61(41-24-15-35(16-25-41)32-56-59-53(66)47-29-20-38-8-2-5-11-44(38)50(47)63)42-26-17-36(18-27-42)33-57-60-54(67)48-30-21-39-9-3-6-12-45(39)51(48)64/h1-33,62-64H,(H,58,65)(H,59,66)(H,60,67)/b55-31+,56-32+,57-33+. The average Bonchev–Trinajstić information content (AvgIpc) is 3.36. The number of fused-ring (bicyclic) bond motifs is 3. The first-order valence-electron chi connectivity index (χ1n) is 20.9. The number of nitrogens with one attached hydrogen (secondary N) is 3. The number of hydrazone groups is 3. The summed E-state index contributed by atoms with van der Waals surface area (Å²) in [4.78, 5) is 40.8. The van der Waals surface area contributed by atoms with Crippen molar-refractivity contribution in [3.05, 3.63) is 215 Å². The van der Waals surface area contributed by atoms with Gasteiger partial charge >= 0.3 is 0 Å². The molecule has 0 heterocycles. The number of carbonyl (C=O) groups is 3. The third-order valence-corrected chi connectivity index (χ3v) is 11.0. The Bertz CT molecular complexity index is 3060. The van der Waals surface area contributed by atoms with Crippen LogP contribution in [0, 0.1) is 0 Å². The van der Waals surface area contributed by atoms with Crippen molar-refractivity contribution in [1.29, 1.82) is 0 Å². The van der Waals surface area contributed by atoms with Gasteiger partial charge in [-0.05, 0) is 87.4 Å². The Balaban J connectivity index is 0.919. The number of carbonyl (C=O) groups excluding carboxylic acids is 3. The number of amides is 3. The van der Waals surface area contributed by atoms with Crippen molar-refractivity contribution in [2.45, 2.75) is 0 Å². The molecule has 0 spiro atoms. The molecule has 3 amide bonds. The molecule has 0 atom stereocenters. The van der Waals surface area contributed by atoms with Crippen molar-refractivity contribution in [2.24, 2.45) is 15.3 Å². The van der Waals surface area contributed by atoms with Gasteiger partial charge in [-0.3, -0.25) is 14.4 Å². The van der Waals surface area contributed by atoms with Crippen LogP contribution < -0.4 is 21.2 Å². The van der Waals surface area contributed by atoms with Crippen molar-refractivity contribution in [1.82, 2.24) is 16.3 Å². The molecule has 0 aliphatic heterocycles. The number of aromatic hydroxyl groups is 3. The summed E-state index contributed by atoms with van der Waals surface area (Å²) in [6.07, 6.45) is 4.52. The highest BCUT2D eigenvalue weighted by molar-refractivity contribution is 6.06. The van der Waals surface area contributed by atoms with Crippen LogP contribution in [-0.4, -0.2) is 51.7 Å². The van der Waals surface area contributed by atoms with Gasteiger partial charge in [-0.2, -0.15) is 15.3 Å². The van der Waals surface area contributed by atoms with Gasteiger partial charge in [-0.1, -0.05) is 127 Å². The highest BCUT2D eigenvalue weighted by atomic mass is 16.3. The van der Waals surface area contributed by atoms with E-state index in [2.05, 4.69) is 31.6 Å². The van der Waals surface area contributed by atoms with Crippen LogP contribution >= 0.6 is 0 Å². The van der Waals surface area contributed by atoms with E-state index in [4.69, 9.17) is 0 Å². The smallest absolute Gasteiger partial charge is 0.275 e. The predicted octanol–water partition coefficient (Wildman–Crippen LogP) is 10.0. The number of phenols is 3. The van der Waals surface area contributed by atoms with Gasteiger partial charge in [0.25, 0.3) is 17.7 Å². The van der Waals surface area contributed by atoms with Crippen molar-refractivity contribution >= 4 is 85.7 Å². The number of hydrogen-bond donors (Lipinski definition) is 6. The van der Waals surface area contributed by atoms with Crippen LogP contribution in [0.1, 0.15) is 47.8 Å². The monoisotopic (exact) mass is 881 g/mol. The summed E-state index contributed by atoms with van der Waals surface area (Å²) in [7, 11) is 0. The molecule has 0 fully saturated rings. The van der Waals surface area contributed by atoms with Crippen molar-refractivity contribution in [3.63, 3.8) is 0 Å². The minimum Gasteiger partial charge on any atom is -0.506 e. The second-order valence-electron chi connectivity index (χ2n) is 15.3. The zero-order valence-electron chi connectivity index (χ0n) is 35.4. The highest BCUT2D eigenvalue weighted by Crippen LogP contribution is 2.35. The van der Waals surface area contributed by atoms with E-state index in [-0.39, 0.29) is 33.9 Å². The molecule has 13 heteroatoms. The van der Waals surface area contributed by atoms with E-state index >= 15 is 0 Å². The van der Waals surface area contributed by atoms with Crippen molar-refractivity contribution in [3.8, 4) is 17.2 Å². The molecule has 9 aromatic rings. The molecule has 0 aromatic heterocycles. The number of phenolic OH excluding ortho intramolecular Hbond substituents is 3. The highest BCUT2D eigenvalue weighted by Gasteiger charge is 2.17. The van der Waals surface area contributed by atoms with Gasteiger partial charge in [-0.25, -0.2) is 16.3 Å². The molecule has 0 aliphatic rings. The van der Waals surface area contributed by atoms with Crippen LogP contribution in [0.25, 0.3) is 32.3 Å². The molecule has 0 bridgehead atoms. The molecule has 13 nitrogen and oxygen atoms in total. The molecule has 67 heavy (non-hydrogen) atoms. The Morgan fingerprint density at radius 1 is 0.358 bits per heavy atom. The first-order valence-corrected chi connectivity index (χ1v) is 20.9. The number of benzene rings is 9. The van der Waals surface area contributed by atoms with Gasteiger partial charge in [0, 0.05) is 33.2 Å². The minimum atomic E-state index is -0.553. The van der Waals surface area contributed by atoms with E-state index in [0.717, 1.165) is 33.2 Å². The van der Waals surface area contributed by atoms with Crippen molar-refractivity contribution < 1.29 is 29.7 Å². The van der Waals surface area contributed by atoms with Crippen LogP contribution in [0.2, 0.25) is 0 Å². The van der Waals surface area contributed by atoms with Crippen LogP contribution in [0.3, 0.4) is 0 Å². The maximum atomic E-state index is 12.9. The minimum absolute atomic E-state index is 0.105. The Hall–Kier alpha value is -9.62. The molecule has 0 radical (unpaired) electrons. The SMILES string of the molecule is O=C(N/N=C/c1ccc(N(c2ccc(/C=N/NC(=O)c3ccc4ccccc4c3O)cc2)c2ccc(/C=N/NC(=O)c3ccc4ccccc4c3O)cc2)cc1)c1ccc2ccccc2c1O. The zero-order chi connectivity index (χ0) is 46.3. The lowest BCUT2D eigenvalue weighted by Gasteiger charge is -2.25. The van der Waals surface area contributed by atoms with Gasteiger partial charge in [-0.15, -0.1) is 0 Å². The molecule has 0 saturated heterocycles. The van der Waals surface area contributed by atoms with Crippen molar-refractivity contribution in [2.75, 3.05) is 4.90 Å². The number of nitrogens with zero attached hydrogens (tertiary/aromatic N) is 4. The molecule has 9 aromatic carbocycles. The molecule has 0 unspecified atom stereocenters. The summed E-state index contributed by atoms with van der Waals surface area (Å²) < 4.78 is 0. The average molecular weight is 882 g/mol. The molecule has 0 saturated carbocycles. The van der Waals surface area contributed by atoms with Gasteiger partial charge in [0.2, 0.25) is 0 Å². The molecule has 6 N–H and O–H groups in total. The summed E-state index contributed by atoms with van der Waals surface area (Å²) in [5.74, 6) is -2.02. The number of anilines is 3. The maximum Gasteiger partial charge on any atom is 0.275 e. The molecular weight excluding hydrogens is 843 g/mol. The first-order chi connectivity index (χ1) is 32.7. The molecule has 0 aliphatic carbocycles. The third-order valence-electron chi connectivity index (χ3n) is 11.0. The summed E-state index contributed by atoms with van der Waals surface area (Å²) in [5.41, 5.74) is 12.3. The predicted molar refractivity (Wildman–Crippen MR) is 263 cm³/mol. The zero-order valence-corrected chi connectivity index (χ0v) is 35.4. The lowest BCUT2D eigenvalue weighted by Crippen LogP contribution is -2.17. The molecule has 9 rings (SSSR count). The van der Waals surface area contributed by atoms with Gasteiger partial charge in [0.15, 0.2) is 0 Å². The van der Waals surface area contributed by atoms with E-state index < -0.39 is 17.7 Å². The van der Waals surface area contributed by atoms with Gasteiger partial charge < -0.3 is 20.2 Å². The number of rotatable bonds is 12. The third kappa shape index (κ3) is 9.23.